The second-order valence-corrected chi connectivity index (χ2v) is 4.81. The Kier molecular flexibility index (Phi) is 25.9. The molecule has 0 amide bonds. The molecule has 0 bridgehead atoms. The minimum atomic E-state index is -5.70. The summed E-state index contributed by atoms with van der Waals surface area (Å²) in [5.74, 6) is 0. The van der Waals surface area contributed by atoms with Gasteiger partial charge in [-0.1, -0.05) is 0 Å². The molecule has 0 spiro atoms. The number of hydrogen-bond donors (Lipinski definition) is 2. The van der Waals surface area contributed by atoms with Gasteiger partial charge < -0.3 is 34.0 Å². The summed E-state index contributed by atoms with van der Waals surface area (Å²) in [5, 5.41) is 16.8. The van der Waals surface area contributed by atoms with E-state index in [1.165, 1.54) is 0 Å². The van der Waals surface area contributed by atoms with Crippen LogP contribution in [-0.2, 0) is 18.0 Å². The third-order valence-corrected chi connectivity index (χ3v) is 2.90. The summed E-state index contributed by atoms with van der Waals surface area (Å²) < 4.78 is 27.1. The molecular weight excluding hydrogens is 359 g/mol. The molecule has 0 fully saturated rings. The van der Waals surface area contributed by atoms with Crippen molar-refractivity contribution in [2.45, 2.75) is 6.10 Å². The Morgan fingerprint density at radius 1 is 1.12 bits per heavy atom. The molecule has 0 radical (unpaired) electrons. The van der Waals surface area contributed by atoms with Crippen LogP contribution in [0, 0.1) is 0 Å². The van der Waals surface area contributed by atoms with E-state index in [9.17, 15) is 23.8 Å². The zero-order chi connectivity index (χ0) is 11.4. The van der Waals surface area contributed by atoms with Crippen LogP contribution in [0.1, 0.15) is 0 Å². The Balaban J connectivity index is -0.000000282. The molecule has 0 aromatic heterocycles. The first-order chi connectivity index (χ1) is 6.16. The molecule has 0 aromatic carbocycles. The average molecular weight is 366 g/mol. The minimum absolute atomic E-state index is 0. The summed E-state index contributed by atoms with van der Waals surface area (Å²) in [6, 6.07) is 0. The number of aliphatic hydroxyl groups is 2. The largest absolute Gasteiger partial charge is 1.00 e. The summed E-state index contributed by atoms with van der Waals surface area (Å²) in [4.78, 5) is 30.2. The topological polar surface area (TPSA) is 162 Å². The summed E-state index contributed by atoms with van der Waals surface area (Å²) >= 11 is 0. The van der Waals surface area contributed by atoms with E-state index in [0.717, 1.165) is 0 Å². The first-order valence-electron chi connectivity index (χ1n) is 3.14. The van der Waals surface area contributed by atoms with E-state index in [1.807, 2.05) is 0 Å². The van der Waals surface area contributed by atoms with Crippen molar-refractivity contribution in [3.63, 3.8) is 0 Å². The van der Waals surface area contributed by atoms with E-state index < -0.39 is 35.0 Å². The third-order valence-electron chi connectivity index (χ3n) is 0.836. The number of phosphoric acid groups is 2. The van der Waals surface area contributed by atoms with E-state index >= 15 is 0 Å². The molecule has 2 atom stereocenters. The molecule has 9 nitrogen and oxygen atoms in total. The zero-order valence-corrected chi connectivity index (χ0v) is 20.8. The quantitative estimate of drug-likeness (QED) is 0.343. The molecule has 0 aromatic rings. The molecule has 2 N–H and O–H groups in total. The Labute approximate surface area is 226 Å². The molecule has 14 heteroatoms. The molecular formula is C3H7K3O9P2. The van der Waals surface area contributed by atoms with Crippen molar-refractivity contribution in [1.82, 2.24) is 0 Å². The standard InChI is InChI=1S/C3H10O9P2.3K/c4-1-3(5)2-11-14(9,10)12-13(6,7)8;;;/h3-5H,1-2H2,(H,9,10)(H2,6,7,8);;;/q;3*+1/p-3. The minimum Gasteiger partial charge on any atom is -0.790 e. The predicted octanol–water partition coefficient (Wildman–Crippen LogP) is -12.3. The predicted molar refractivity (Wildman–Crippen MR) is 35.3 cm³/mol. The van der Waals surface area contributed by atoms with Gasteiger partial charge in [-0.2, -0.15) is 0 Å². The Bertz CT molecular complexity index is 268. The van der Waals surface area contributed by atoms with Crippen LogP contribution in [0.5, 0.6) is 0 Å². The van der Waals surface area contributed by atoms with Gasteiger partial charge in [-0.3, -0.25) is 8.88 Å². The Morgan fingerprint density at radius 2 is 1.53 bits per heavy atom. The molecule has 0 aliphatic heterocycles. The fraction of sp³-hybridized carbons (Fsp3) is 1.00. The molecule has 17 heavy (non-hydrogen) atoms. The van der Waals surface area contributed by atoms with Crippen LogP contribution in [-0.4, -0.2) is 29.5 Å². The van der Waals surface area contributed by atoms with E-state index in [4.69, 9.17) is 10.2 Å². The molecule has 86 valence electrons. The summed E-state index contributed by atoms with van der Waals surface area (Å²) in [6.07, 6.45) is -1.52. The van der Waals surface area contributed by atoms with Gasteiger partial charge in [0.1, 0.15) is 6.10 Å². The van der Waals surface area contributed by atoms with Gasteiger partial charge in [0.15, 0.2) is 0 Å². The fourth-order valence-electron chi connectivity index (χ4n) is 0.376. The van der Waals surface area contributed by atoms with Gasteiger partial charge in [0.25, 0.3) is 7.82 Å². The van der Waals surface area contributed by atoms with Gasteiger partial charge in [-0.25, -0.2) is 0 Å². The second kappa shape index (κ2) is 14.7. The normalized spacial score (nSPS) is 15.6. The molecule has 0 aliphatic rings. The van der Waals surface area contributed by atoms with E-state index in [2.05, 4.69) is 8.83 Å². The molecule has 0 saturated carbocycles. The molecule has 0 saturated heterocycles. The number of hydrogen-bond acceptors (Lipinski definition) is 9. The van der Waals surface area contributed by atoms with Gasteiger partial charge in [0, 0.05) is 0 Å². The van der Waals surface area contributed by atoms with Gasteiger partial charge in [-0.05, 0) is 0 Å². The van der Waals surface area contributed by atoms with Crippen LogP contribution < -0.4 is 169 Å². The third kappa shape index (κ3) is 21.1. The smallest absolute Gasteiger partial charge is 0.790 e. The van der Waals surface area contributed by atoms with Crippen molar-refractivity contribution < 1.29 is 197 Å². The van der Waals surface area contributed by atoms with Crippen LogP contribution >= 0.6 is 15.6 Å². The maximum atomic E-state index is 10.5. The molecule has 2 unspecified atom stereocenters. The van der Waals surface area contributed by atoms with Crippen molar-refractivity contribution in [2.24, 2.45) is 0 Å². The van der Waals surface area contributed by atoms with E-state index in [1.54, 1.807) is 0 Å². The molecule has 0 rings (SSSR count). The zero-order valence-electron chi connectivity index (χ0n) is 9.64. The van der Waals surface area contributed by atoms with Crippen molar-refractivity contribution in [1.29, 1.82) is 0 Å². The van der Waals surface area contributed by atoms with Crippen LogP contribution in [0.25, 0.3) is 0 Å². The number of phosphoric ester groups is 1. The van der Waals surface area contributed by atoms with Crippen LogP contribution in [0.15, 0.2) is 0 Å². The van der Waals surface area contributed by atoms with Crippen LogP contribution in [0.4, 0.5) is 0 Å². The Hall–Kier alpha value is 5.09. The maximum absolute atomic E-state index is 10.5. The number of aliphatic hydroxyl groups excluding tert-OH is 2. The van der Waals surface area contributed by atoms with Crippen LogP contribution in [0.3, 0.4) is 0 Å². The average Bonchev–Trinajstić information content (AvgIpc) is 1.96. The molecule has 0 heterocycles. The van der Waals surface area contributed by atoms with Crippen molar-refractivity contribution in [3.05, 3.63) is 0 Å². The van der Waals surface area contributed by atoms with Gasteiger partial charge >= 0.3 is 154 Å². The van der Waals surface area contributed by atoms with Gasteiger partial charge in [-0.15, -0.1) is 0 Å². The van der Waals surface area contributed by atoms with Gasteiger partial charge in [0.2, 0.25) is 0 Å². The summed E-state index contributed by atoms with van der Waals surface area (Å²) in [6.45, 7) is -1.69. The van der Waals surface area contributed by atoms with Crippen molar-refractivity contribution in [3.8, 4) is 0 Å². The van der Waals surface area contributed by atoms with Crippen molar-refractivity contribution >= 4 is 15.6 Å². The summed E-state index contributed by atoms with van der Waals surface area (Å²) in [5.41, 5.74) is 0. The van der Waals surface area contributed by atoms with E-state index in [0.29, 0.717) is 0 Å². The maximum Gasteiger partial charge on any atom is 1.00 e. The Morgan fingerprint density at radius 3 is 1.82 bits per heavy atom. The monoisotopic (exact) mass is 366 g/mol. The fourth-order valence-corrected chi connectivity index (χ4v) is 1.90. The second-order valence-electron chi connectivity index (χ2n) is 2.11. The first-order valence-corrected chi connectivity index (χ1v) is 6.06. The van der Waals surface area contributed by atoms with Crippen LogP contribution in [0.2, 0.25) is 0 Å². The number of rotatable bonds is 6. The molecule has 0 aliphatic carbocycles. The van der Waals surface area contributed by atoms with Crippen molar-refractivity contribution in [2.75, 3.05) is 13.2 Å². The van der Waals surface area contributed by atoms with E-state index in [-0.39, 0.29) is 154 Å². The SMILES string of the molecule is O=P([O-])([O-])OP(=O)([O-])OCC(O)CO.[K+].[K+].[K+]. The first kappa shape index (κ1) is 30.0. The summed E-state index contributed by atoms with van der Waals surface area (Å²) in [7, 11) is -11.0. The van der Waals surface area contributed by atoms with Gasteiger partial charge in [0.05, 0.1) is 21.0 Å².